The van der Waals surface area contributed by atoms with Gasteiger partial charge in [0.25, 0.3) is 0 Å². The van der Waals surface area contributed by atoms with Crippen molar-refractivity contribution in [3.05, 3.63) is 35.5 Å². The third-order valence-corrected chi connectivity index (χ3v) is 7.44. The number of ether oxygens (including phenoxy) is 1. The molecule has 1 aromatic heterocycles. The van der Waals surface area contributed by atoms with Crippen molar-refractivity contribution in [1.82, 2.24) is 19.8 Å². The zero-order valence-corrected chi connectivity index (χ0v) is 20.3. The van der Waals surface area contributed by atoms with Crippen molar-refractivity contribution in [2.45, 2.75) is 26.7 Å². The highest BCUT2D eigenvalue weighted by atomic mass is 16.5. The summed E-state index contributed by atoms with van der Waals surface area (Å²) in [6.07, 6.45) is 2.22. The van der Waals surface area contributed by atoms with Crippen LogP contribution in [0.3, 0.4) is 0 Å². The fourth-order valence-corrected chi connectivity index (χ4v) is 5.29. The SMILES string of the molecule is CCN1CCN(c2ccc(-c3nc(C)c4c(n3)N(CCCN3CCOCC3)CC4)cc2)CC1. The zero-order valence-electron chi connectivity index (χ0n) is 20.3. The minimum atomic E-state index is 0.855. The number of fused-ring (bicyclic) bond motifs is 1. The molecular formula is C26H38N6O. The number of aryl methyl sites for hydroxylation is 1. The summed E-state index contributed by atoms with van der Waals surface area (Å²) in [5.74, 6) is 2.01. The Morgan fingerprint density at radius 3 is 2.33 bits per heavy atom. The molecule has 0 saturated carbocycles. The smallest absolute Gasteiger partial charge is 0.161 e. The van der Waals surface area contributed by atoms with Crippen LogP contribution in [0, 0.1) is 6.92 Å². The summed E-state index contributed by atoms with van der Waals surface area (Å²) >= 11 is 0. The molecule has 1 aromatic carbocycles. The molecule has 2 aromatic rings. The van der Waals surface area contributed by atoms with Crippen molar-refractivity contribution in [3.8, 4) is 11.4 Å². The molecule has 5 rings (SSSR count). The van der Waals surface area contributed by atoms with Crippen LogP contribution in [0.1, 0.15) is 24.6 Å². The van der Waals surface area contributed by atoms with Gasteiger partial charge >= 0.3 is 0 Å². The van der Waals surface area contributed by atoms with Crippen molar-refractivity contribution in [2.75, 3.05) is 88.5 Å². The third kappa shape index (κ3) is 5.15. The van der Waals surface area contributed by atoms with E-state index in [0.29, 0.717) is 0 Å². The van der Waals surface area contributed by atoms with Gasteiger partial charge in [-0.3, -0.25) is 4.90 Å². The molecule has 0 radical (unpaired) electrons. The van der Waals surface area contributed by atoms with Crippen LogP contribution in [0.15, 0.2) is 24.3 Å². The van der Waals surface area contributed by atoms with Gasteiger partial charge in [0.15, 0.2) is 5.82 Å². The van der Waals surface area contributed by atoms with Gasteiger partial charge in [-0.1, -0.05) is 6.92 Å². The van der Waals surface area contributed by atoms with Crippen molar-refractivity contribution >= 4 is 11.5 Å². The lowest BCUT2D eigenvalue weighted by atomic mass is 10.1. The normalized spacial score (nSPS) is 19.8. The van der Waals surface area contributed by atoms with Crippen LogP contribution in [0.4, 0.5) is 11.5 Å². The fraction of sp³-hybridized carbons (Fsp3) is 0.615. The third-order valence-electron chi connectivity index (χ3n) is 7.44. The summed E-state index contributed by atoms with van der Waals surface area (Å²) in [7, 11) is 0. The molecule has 0 spiro atoms. The van der Waals surface area contributed by atoms with Crippen molar-refractivity contribution in [1.29, 1.82) is 0 Å². The molecule has 178 valence electrons. The average molecular weight is 451 g/mol. The highest BCUT2D eigenvalue weighted by Gasteiger charge is 2.25. The summed E-state index contributed by atoms with van der Waals surface area (Å²) < 4.78 is 5.47. The van der Waals surface area contributed by atoms with Gasteiger partial charge in [0.2, 0.25) is 0 Å². The summed E-state index contributed by atoms with van der Waals surface area (Å²) in [5, 5.41) is 0. The van der Waals surface area contributed by atoms with Crippen LogP contribution in [-0.4, -0.2) is 98.4 Å². The number of hydrogen-bond acceptors (Lipinski definition) is 7. The monoisotopic (exact) mass is 450 g/mol. The molecule has 3 aliphatic rings. The number of hydrogen-bond donors (Lipinski definition) is 0. The summed E-state index contributed by atoms with van der Waals surface area (Å²) in [4.78, 5) is 19.9. The first-order valence-corrected chi connectivity index (χ1v) is 12.7. The second-order valence-corrected chi connectivity index (χ2v) is 9.45. The molecule has 7 nitrogen and oxygen atoms in total. The number of likely N-dealkylation sites (N-methyl/N-ethyl adjacent to an activating group) is 1. The van der Waals surface area contributed by atoms with E-state index in [1.165, 1.54) is 11.3 Å². The molecule has 3 aliphatic heterocycles. The van der Waals surface area contributed by atoms with Crippen molar-refractivity contribution in [2.24, 2.45) is 0 Å². The second kappa shape index (κ2) is 10.4. The summed E-state index contributed by atoms with van der Waals surface area (Å²) in [5.41, 5.74) is 4.87. The Morgan fingerprint density at radius 2 is 1.61 bits per heavy atom. The van der Waals surface area contributed by atoms with E-state index in [9.17, 15) is 0 Å². The first-order chi connectivity index (χ1) is 16.2. The molecule has 0 bridgehead atoms. The molecular weight excluding hydrogens is 412 g/mol. The van der Waals surface area contributed by atoms with E-state index in [2.05, 4.69) is 57.7 Å². The Hall–Kier alpha value is -2.22. The maximum absolute atomic E-state index is 5.47. The van der Waals surface area contributed by atoms with Gasteiger partial charge in [-0.15, -0.1) is 0 Å². The molecule has 0 aliphatic carbocycles. The van der Waals surface area contributed by atoms with Gasteiger partial charge in [0.1, 0.15) is 5.82 Å². The van der Waals surface area contributed by atoms with Crippen LogP contribution in [-0.2, 0) is 11.2 Å². The number of piperazine rings is 1. The largest absolute Gasteiger partial charge is 0.379 e. The molecule has 33 heavy (non-hydrogen) atoms. The lowest BCUT2D eigenvalue weighted by molar-refractivity contribution is 0.0376. The Bertz CT molecular complexity index is 919. The van der Waals surface area contributed by atoms with Crippen LogP contribution in [0.25, 0.3) is 11.4 Å². The Labute approximate surface area is 198 Å². The zero-order chi connectivity index (χ0) is 22.6. The van der Waals surface area contributed by atoms with Gasteiger partial charge < -0.3 is 19.4 Å². The molecule has 0 amide bonds. The molecule has 7 heteroatoms. The lowest BCUT2D eigenvalue weighted by Gasteiger charge is -2.35. The number of benzene rings is 1. The minimum Gasteiger partial charge on any atom is -0.379 e. The Morgan fingerprint density at radius 1 is 0.848 bits per heavy atom. The topological polar surface area (TPSA) is 48.0 Å². The maximum Gasteiger partial charge on any atom is 0.161 e. The number of rotatable bonds is 7. The summed E-state index contributed by atoms with van der Waals surface area (Å²) in [6, 6.07) is 8.87. The molecule has 2 fully saturated rings. The minimum absolute atomic E-state index is 0.855. The molecule has 2 saturated heterocycles. The molecule has 4 heterocycles. The van der Waals surface area contributed by atoms with Crippen molar-refractivity contribution in [3.63, 3.8) is 0 Å². The quantitative estimate of drug-likeness (QED) is 0.643. The van der Waals surface area contributed by atoms with E-state index in [4.69, 9.17) is 14.7 Å². The molecule has 0 unspecified atom stereocenters. The second-order valence-electron chi connectivity index (χ2n) is 9.45. The van der Waals surface area contributed by atoms with Crippen LogP contribution < -0.4 is 9.80 Å². The first-order valence-electron chi connectivity index (χ1n) is 12.7. The van der Waals surface area contributed by atoms with Gasteiger partial charge in [-0.25, -0.2) is 9.97 Å². The van der Waals surface area contributed by atoms with Gasteiger partial charge in [0, 0.05) is 81.4 Å². The molecule has 0 N–H and O–H groups in total. The van der Waals surface area contributed by atoms with Gasteiger partial charge in [0.05, 0.1) is 13.2 Å². The number of nitrogens with zero attached hydrogens (tertiary/aromatic N) is 6. The van der Waals surface area contributed by atoms with E-state index >= 15 is 0 Å². The van der Waals surface area contributed by atoms with E-state index in [-0.39, 0.29) is 0 Å². The van der Waals surface area contributed by atoms with Crippen LogP contribution >= 0.6 is 0 Å². The Kier molecular flexibility index (Phi) is 7.09. The highest BCUT2D eigenvalue weighted by molar-refractivity contribution is 5.65. The van der Waals surface area contributed by atoms with E-state index < -0.39 is 0 Å². The fourth-order valence-electron chi connectivity index (χ4n) is 5.29. The van der Waals surface area contributed by atoms with E-state index in [1.807, 2.05) is 0 Å². The Balaban J connectivity index is 1.25. The van der Waals surface area contributed by atoms with Crippen LogP contribution in [0.2, 0.25) is 0 Å². The lowest BCUT2D eigenvalue weighted by Crippen LogP contribution is -2.46. The maximum atomic E-state index is 5.47. The van der Waals surface area contributed by atoms with E-state index in [1.54, 1.807) is 0 Å². The average Bonchev–Trinajstić information content (AvgIpc) is 3.28. The molecule has 0 atom stereocenters. The standard InChI is InChI=1S/C26H38N6O/c1-3-29-13-15-31(16-14-29)23-7-5-22(6-8-23)25-27-21(2)24-9-12-32(26(24)28-25)11-4-10-30-17-19-33-20-18-30/h5-8H,3-4,9-20H2,1-2H3. The van der Waals surface area contributed by atoms with E-state index in [0.717, 1.165) is 114 Å². The highest BCUT2D eigenvalue weighted by Crippen LogP contribution is 2.31. The van der Waals surface area contributed by atoms with Gasteiger partial charge in [-0.2, -0.15) is 0 Å². The van der Waals surface area contributed by atoms with Gasteiger partial charge in [-0.05, 0) is 50.6 Å². The number of anilines is 2. The first kappa shape index (κ1) is 22.6. The predicted octanol–water partition coefficient (Wildman–Crippen LogP) is 2.68. The number of aromatic nitrogens is 2. The number of morpholine rings is 1. The predicted molar refractivity (Wildman–Crippen MR) is 134 cm³/mol. The van der Waals surface area contributed by atoms with Crippen molar-refractivity contribution < 1.29 is 4.74 Å². The van der Waals surface area contributed by atoms with Crippen LogP contribution in [0.5, 0.6) is 0 Å². The summed E-state index contributed by atoms with van der Waals surface area (Å²) in [6.45, 7) is 17.1.